The van der Waals surface area contributed by atoms with Crippen LogP contribution < -0.4 is 10.2 Å². The first-order chi connectivity index (χ1) is 9.60. The minimum atomic E-state index is 0.732. The summed E-state index contributed by atoms with van der Waals surface area (Å²) in [5, 5.41) is 3.41. The molecule has 0 aliphatic heterocycles. The number of aromatic nitrogens is 1. The minimum absolute atomic E-state index is 0.732. The first kappa shape index (κ1) is 15.3. The molecule has 1 fully saturated rings. The fourth-order valence-corrected chi connectivity index (χ4v) is 2.51. The van der Waals surface area contributed by atoms with Crippen molar-refractivity contribution in [3.8, 4) is 0 Å². The third-order valence-corrected chi connectivity index (χ3v) is 3.81. The highest BCUT2D eigenvalue weighted by atomic mass is 15.2. The van der Waals surface area contributed by atoms with Crippen LogP contribution in [-0.2, 0) is 6.54 Å². The molecule has 20 heavy (non-hydrogen) atoms. The number of anilines is 1. The van der Waals surface area contributed by atoms with Gasteiger partial charge in [-0.3, -0.25) is 0 Å². The number of hydrogen-bond acceptors (Lipinski definition) is 3. The number of rotatable bonds is 8. The summed E-state index contributed by atoms with van der Waals surface area (Å²) in [6, 6.07) is 5.20. The summed E-state index contributed by atoms with van der Waals surface area (Å²) in [6.07, 6.45) is 3.90. The van der Waals surface area contributed by atoms with Gasteiger partial charge in [0.05, 0.1) is 0 Å². The molecular weight excluding hydrogens is 246 g/mol. The lowest BCUT2D eigenvalue weighted by Gasteiger charge is -2.25. The Morgan fingerprint density at radius 1 is 1.35 bits per heavy atom. The van der Waals surface area contributed by atoms with E-state index in [1.54, 1.807) is 0 Å². The van der Waals surface area contributed by atoms with Gasteiger partial charge in [-0.2, -0.15) is 0 Å². The third-order valence-electron chi connectivity index (χ3n) is 3.81. The molecule has 1 heterocycles. The molecule has 1 aliphatic rings. The van der Waals surface area contributed by atoms with E-state index >= 15 is 0 Å². The molecule has 1 aromatic rings. The zero-order valence-electron chi connectivity index (χ0n) is 13.4. The van der Waals surface area contributed by atoms with Crippen molar-refractivity contribution in [3.05, 3.63) is 23.4 Å². The van der Waals surface area contributed by atoms with Crippen molar-refractivity contribution < 1.29 is 0 Å². The summed E-state index contributed by atoms with van der Waals surface area (Å²) in [4.78, 5) is 7.31. The topological polar surface area (TPSA) is 28.2 Å². The molecule has 112 valence electrons. The molecule has 1 N–H and O–H groups in total. The van der Waals surface area contributed by atoms with Gasteiger partial charge in [-0.25, -0.2) is 4.98 Å². The predicted octanol–water partition coefficient (Wildman–Crippen LogP) is 3.51. The Hall–Kier alpha value is -1.09. The second kappa shape index (κ2) is 7.07. The van der Waals surface area contributed by atoms with Crippen LogP contribution in [0.2, 0.25) is 0 Å². The second-order valence-corrected chi connectivity index (χ2v) is 6.36. The summed E-state index contributed by atoms with van der Waals surface area (Å²) in [6.45, 7) is 11.9. The number of nitrogens with one attached hydrogen (secondary N) is 1. The maximum atomic E-state index is 4.78. The summed E-state index contributed by atoms with van der Waals surface area (Å²) < 4.78 is 0. The molecular formula is C17H29N3. The Morgan fingerprint density at radius 2 is 2.10 bits per heavy atom. The summed E-state index contributed by atoms with van der Waals surface area (Å²) in [5.74, 6) is 1.93. The van der Waals surface area contributed by atoms with Crippen molar-refractivity contribution in [2.24, 2.45) is 5.92 Å². The number of nitrogens with zero attached hydrogens (tertiary/aromatic N) is 2. The number of aryl methyl sites for hydroxylation is 1. The average Bonchev–Trinajstić information content (AvgIpc) is 3.20. The lowest BCUT2D eigenvalue weighted by atomic mass is 10.1. The van der Waals surface area contributed by atoms with Crippen molar-refractivity contribution in [3.63, 3.8) is 0 Å². The Labute approximate surface area is 123 Å². The van der Waals surface area contributed by atoms with Crippen molar-refractivity contribution >= 4 is 5.82 Å². The highest BCUT2D eigenvalue weighted by Gasteiger charge is 2.30. The van der Waals surface area contributed by atoms with E-state index in [2.05, 4.69) is 50.0 Å². The fourth-order valence-electron chi connectivity index (χ4n) is 2.51. The van der Waals surface area contributed by atoms with Crippen LogP contribution in [0, 0.1) is 12.8 Å². The molecule has 0 bridgehead atoms. The first-order valence-corrected chi connectivity index (χ1v) is 8.05. The first-order valence-electron chi connectivity index (χ1n) is 8.05. The summed E-state index contributed by atoms with van der Waals surface area (Å²) in [7, 11) is 0. The van der Waals surface area contributed by atoms with Crippen molar-refractivity contribution in [2.45, 2.75) is 59.5 Å². The van der Waals surface area contributed by atoms with Crippen LogP contribution in [0.5, 0.6) is 0 Å². The van der Waals surface area contributed by atoms with Gasteiger partial charge in [-0.05, 0) is 56.3 Å². The van der Waals surface area contributed by atoms with Crippen LogP contribution in [0.3, 0.4) is 0 Å². The van der Waals surface area contributed by atoms with Crippen LogP contribution in [0.25, 0.3) is 0 Å². The van der Waals surface area contributed by atoms with Crippen LogP contribution in [0.1, 0.15) is 51.3 Å². The Morgan fingerprint density at radius 3 is 2.70 bits per heavy atom. The van der Waals surface area contributed by atoms with E-state index in [-0.39, 0.29) is 0 Å². The van der Waals surface area contributed by atoms with Gasteiger partial charge in [0.25, 0.3) is 0 Å². The molecule has 0 spiro atoms. The monoisotopic (exact) mass is 275 g/mol. The van der Waals surface area contributed by atoms with Gasteiger partial charge in [0.1, 0.15) is 5.82 Å². The Bertz CT molecular complexity index is 424. The van der Waals surface area contributed by atoms with Gasteiger partial charge in [-0.15, -0.1) is 0 Å². The van der Waals surface area contributed by atoms with E-state index < -0.39 is 0 Å². The zero-order chi connectivity index (χ0) is 14.5. The zero-order valence-corrected chi connectivity index (χ0v) is 13.4. The number of hydrogen-bond donors (Lipinski definition) is 1. The normalized spacial score (nSPS) is 14.8. The largest absolute Gasteiger partial charge is 0.354 e. The lowest BCUT2D eigenvalue weighted by Crippen LogP contribution is -2.29. The summed E-state index contributed by atoms with van der Waals surface area (Å²) >= 11 is 0. The molecule has 0 amide bonds. The molecule has 0 saturated heterocycles. The SMILES string of the molecule is CCNCc1cc(C)nc(N(CCC(C)C)C2CC2)c1. The van der Waals surface area contributed by atoms with Crippen molar-refractivity contribution in [2.75, 3.05) is 18.0 Å². The van der Waals surface area contributed by atoms with Crippen LogP contribution in [0.4, 0.5) is 5.82 Å². The van der Waals surface area contributed by atoms with Gasteiger partial charge in [-0.1, -0.05) is 20.8 Å². The van der Waals surface area contributed by atoms with Crippen LogP contribution in [-0.4, -0.2) is 24.1 Å². The molecule has 0 aromatic carbocycles. The quantitative estimate of drug-likeness (QED) is 0.787. The maximum Gasteiger partial charge on any atom is 0.129 e. The minimum Gasteiger partial charge on any atom is -0.354 e. The Balaban J connectivity index is 2.12. The van der Waals surface area contributed by atoms with Gasteiger partial charge in [0.2, 0.25) is 0 Å². The highest BCUT2D eigenvalue weighted by Crippen LogP contribution is 2.31. The molecule has 1 saturated carbocycles. The number of pyridine rings is 1. The molecule has 0 radical (unpaired) electrons. The van der Waals surface area contributed by atoms with Gasteiger partial charge in [0.15, 0.2) is 0 Å². The van der Waals surface area contributed by atoms with Crippen LogP contribution in [0.15, 0.2) is 12.1 Å². The average molecular weight is 275 g/mol. The van der Waals surface area contributed by atoms with Gasteiger partial charge < -0.3 is 10.2 Å². The molecule has 2 rings (SSSR count). The van der Waals surface area contributed by atoms with Crippen molar-refractivity contribution in [1.82, 2.24) is 10.3 Å². The highest BCUT2D eigenvalue weighted by molar-refractivity contribution is 5.45. The van der Waals surface area contributed by atoms with E-state index in [4.69, 9.17) is 4.98 Å². The molecule has 0 unspecified atom stereocenters. The fraction of sp³-hybridized carbons (Fsp3) is 0.706. The van der Waals surface area contributed by atoms with Crippen LogP contribution >= 0.6 is 0 Å². The molecule has 3 nitrogen and oxygen atoms in total. The van der Waals surface area contributed by atoms with E-state index in [0.29, 0.717) is 0 Å². The maximum absolute atomic E-state index is 4.78. The van der Waals surface area contributed by atoms with E-state index in [1.807, 2.05) is 0 Å². The standard InChI is InChI=1S/C17H29N3/c1-5-18-12-15-10-14(4)19-17(11-15)20(16-6-7-16)9-8-13(2)3/h10-11,13,16,18H,5-9,12H2,1-4H3. The summed E-state index contributed by atoms with van der Waals surface area (Å²) in [5.41, 5.74) is 2.48. The predicted molar refractivity (Wildman–Crippen MR) is 86.2 cm³/mol. The smallest absolute Gasteiger partial charge is 0.129 e. The van der Waals surface area contributed by atoms with Gasteiger partial charge in [0, 0.05) is 24.8 Å². The van der Waals surface area contributed by atoms with E-state index in [0.717, 1.165) is 37.3 Å². The molecule has 3 heteroatoms. The van der Waals surface area contributed by atoms with E-state index in [1.165, 1.54) is 30.6 Å². The van der Waals surface area contributed by atoms with E-state index in [9.17, 15) is 0 Å². The lowest BCUT2D eigenvalue weighted by molar-refractivity contribution is 0.568. The third kappa shape index (κ3) is 4.48. The Kier molecular flexibility index (Phi) is 5.41. The molecule has 0 atom stereocenters. The van der Waals surface area contributed by atoms with Gasteiger partial charge >= 0.3 is 0 Å². The second-order valence-electron chi connectivity index (χ2n) is 6.36. The molecule has 1 aliphatic carbocycles. The van der Waals surface area contributed by atoms with Crippen molar-refractivity contribution in [1.29, 1.82) is 0 Å². The molecule has 1 aromatic heterocycles.